The molecule has 0 unspecified atom stereocenters. The first-order chi connectivity index (χ1) is 16.0. The Kier molecular flexibility index (Phi) is 5.54. The van der Waals surface area contributed by atoms with Gasteiger partial charge in [-0.15, -0.1) is 0 Å². The third kappa shape index (κ3) is 3.95. The number of rotatable bonds is 5. The van der Waals surface area contributed by atoms with Crippen molar-refractivity contribution in [1.29, 1.82) is 0 Å². The highest BCUT2D eigenvalue weighted by molar-refractivity contribution is 5.98. The molecule has 33 heavy (non-hydrogen) atoms. The minimum atomic E-state index is -0.289. The van der Waals surface area contributed by atoms with Crippen LogP contribution in [0.3, 0.4) is 0 Å². The zero-order valence-corrected chi connectivity index (χ0v) is 18.8. The number of methoxy groups -OCH3 is 1. The molecule has 0 spiro atoms. The minimum absolute atomic E-state index is 0.0740. The van der Waals surface area contributed by atoms with Crippen LogP contribution in [-0.2, 0) is 6.54 Å². The van der Waals surface area contributed by atoms with E-state index in [-0.39, 0.29) is 18.3 Å². The summed E-state index contributed by atoms with van der Waals surface area (Å²) in [6, 6.07) is 18.2. The summed E-state index contributed by atoms with van der Waals surface area (Å²) in [6.45, 7) is 4.71. The number of piperazine rings is 1. The van der Waals surface area contributed by atoms with Crippen molar-refractivity contribution in [3.8, 4) is 5.75 Å². The molecule has 1 fully saturated rings. The van der Waals surface area contributed by atoms with E-state index < -0.39 is 0 Å². The number of benzene rings is 2. The molecule has 1 amide bonds. The Balaban J connectivity index is 1.40. The Bertz CT molecular complexity index is 1300. The van der Waals surface area contributed by atoms with E-state index in [0.29, 0.717) is 43.0 Å². The van der Waals surface area contributed by atoms with Gasteiger partial charge in [-0.1, -0.05) is 30.3 Å². The molecule has 1 aliphatic heterocycles. The number of fused-ring (bicyclic) bond motifs is 1. The van der Waals surface area contributed by atoms with E-state index in [1.807, 2.05) is 46.7 Å². The molecule has 1 aliphatic rings. The van der Waals surface area contributed by atoms with Crippen LogP contribution in [0.4, 0.5) is 10.1 Å². The number of amides is 1. The van der Waals surface area contributed by atoms with Gasteiger partial charge in [0.2, 0.25) is 0 Å². The summed E-state index contributed by atoms with van der Waals surface area (Å²) in [7, 11) is 1.67. The van der Waals surface area contributed by atoms with Crippen LogP contribution in [0.25, 0.3) is 11.1 Å². The number of carbonyl (C=O) groups excluding carboxylic acids is 1. The zero-order valence-electron chi connectivity index (χ0n) is 18.8. The van der Waals surface area contributed by atoms with Crippen LogP contribution >= 0.6 is 0 Å². The van der Waals surface area contributed by atoms with Gasteiger partial charge in [0.05, 0.1) is 24.9 Å². The Labute approximate surface area is 191 Å². The fourth-order valence-corrected chi connectivity index (χ4v) is 4.51. The van der Waals surface area contributed by atoms with Gasteiger partial charge in [0, 0.05) is 43.9 Å². The van der Waals surface area contributed by atoms with E-state index >= 15 is 0 Å². The topological polar surface area (TPSA) is 50.9 Å². The van der Waals surface area contributed by atoms with Crippen molar-refractivity contribution in [2.45, 2.75) is 13.5 Å². The Hall–Kier alpha value is -3.74. The summed E-state index contributed by atoms with van der Waals surface area (Å²) < 4.78 is 27.5. The lowest BCUT2D eigenvalue weighted by molar-refractivity contribution is 0.0736. The van der Waals surface area contributed by atoms with Gasteiger partial charge in [0.25, 0.3) is 5.91 Å². The molecule has 0 saturated carbocycles. The van der Waals surface area contributed by atoms with Crippen LogP contribution in [0.2, 0.25) is 0 Å². The molecule has 1 saturated heterocycles. The van der Waals surface area contributed by atoms with Crippen LogP contribution in [0.1, 0.15) is 21.8 Å². The van der Waals surface area contributed by atoms with Gasteiger partial charge in [-0.3, -0.25) is 4.79 Å². The van der Waals surface area contributed by atoms with E-state index in [9.17, 15) is 9.18 Å². The lowest BCUT2D eigenvalue weighted by Gasteiger charge is -2.36. The highest BCUT2D eigenvalue weighted by Gasteiger charge is 2.27. The number of nitrogens with zero attached hydrogens (tertiary/aromatic N) is 3. The van der Waals surface area contributed by atoms with Gasteiger partial charge in [0.1, 0.15) is 23.0 Å². The summed E-state index contributed by atoms with van der Waals surface area (Å²) >= 11 is 0. The summed E-state index contributed by atoms with van der Waals surface area (Å²) in [5.74, 6) is 1.22. The average molecular weight is 448 g/mol. The van der Waals surface area contributed by atoms with Crippen molar-refractivity contribution in [3.05, 3.63) is 83.5 Å². The number of furan rings is 1. The number of halogens is 1. The first kappa shape index (κ1) is 21.1. The number of aryl methyl sites for hydroxylation is 1. The fraction of sp³-hybridized carbons (Fsp3) is 0.269. The molecule has 2 aromatic carbocycles. The van der Waals surface area contributed by atoms with Gasteiger partial charge >= 0.3 is 0 Å². The molecular weight excluding hydrogens is 421 g/mol. The molecule has 0 radical (unpaired) electrons. The lowest BCUT2D eigenvalue weighted by Crippen LogP contribution is -2.49. The molecular formula is C26H26FN3O3. The first-order valence-corrected chi connectivity index (χ1v) is 11.1. The summed E-state index contributed by atoms with van der Waals surface area (Å²) in [6.07, 6.45) is 0. The van der Waals surface area contributed by atoms with Gasteiger partial charge in [-0.2, -0.15) is 0 Å². The van der Waals surface area contributed by atoms with E-state index in [2.05, 4.69) is 4.90 Å². The lowest BCUT2D eigenvalue weighted by atomic mass is 10.2. The van der Waals surface area contributed by atoms with E-state index in [1.165, 1.54) is 6.07 Å². The molecule has 7 heteroatoms. The average Bonchev–Trinajstić information content (AvgIpc) is 3.36. The predicted octanol–water partition coefficient (Wildman–Crippen LogP) is 4.70. The predicted molar refractivity (Wildman–Crippen MR) is 126 cm³/mol. The van der Waals surface area contributed by atoms with Crippen LogP contribution in [0.15, 0.2) is 65.1 Å². The summed E-state index contributed by atoms with van der Waals surface area (Å²) in [5, 5.41) is 0. The van der Waals surface area contributed by atoms with Crippen molar-refractivity contribution in [2.24, 2.45) is 0 Å². The molecule has 0 aliphatic carbocycles. The maximum atomic E-state index is 14.4. The summed E-state index contributed by atoms with van der Waals surface area (Å²) in [5.41, 5.74) is 3.51. The number of anilines is 1. The van der Waals surface area contributed by atoms with Gasteiger partial charge in [0.15, 0.2) is 5.58 Å². The molecule has 0 atom stereocenters. The number of ether oxygens (including phenoxy) is 1. The number of hydrogen-bond acceptors (Lipinski definition) is 4. The molecule has 6 nitrogen and oxygen atoms in total. The quantitative estimate of drug-likeness (QED) is 0.445. The fourth-order valence-electron chi connectivity index (χ4n) is 4.51. The Morgan fingerprint density at radius 2 is 1.76 bits per heavy atom. The monoisotopic (exact) mass is 447 g/mol. The molecule has 2 aromatic heterocycles. The van der Waals surface area contributed by atoms with E-state index in [4.69, 9.17) is 9.15 Å². The van der Waals surface area contributed by atoms with E-state index in [1.54, 1.807) is 31.4 Å². The first-order valence-electron chi connectivity index (χ1n) is 11.1. The number of para-hydroxylation sites is 2. The second-order valence-electron chi connectivity index (χ2n) is 8.26. The van der Waals surface area contributed by atoms with Crippen LogP contribution in [-0.4, -0.2) is 48.7 Å². The third-order valence-electron chi connectivity index (χ3n) is 6.21. The Morgan fingerprint density at radius 3 is 2.52 bits per heavy atom. The molecule has 3 heterocycles. The van der Waals surface area contributed by atoms with Crippen LogP contribution in [0.5, 0.6) is 5.75 Å². The second kappa shape index (κ2) is 8.65. The maximum absolute atomic E-state index is 14.4. The van der Waals surface area contributed by atoms with Crippen LogP contribution < -0.4 is 9.64 Å². The van der Waals surface area contributed by atoms with Crippen molar-refractivity contribution in [1.82, 2.24) is 9.47 Å². The van der Waals surface area contributed by atoms with Crippen molar-refractivity contribution in [2.75, 3.05) is 38.2 Å². The largest absolute Gasteiger partial charge is 0.495 e. The zero-order chi connectivity index (χ0) is 22.9. The van der Waals surface area contributed by atoms with Gasteiger partial charge < -0.3 is 23.5 Å². The van der Waals surface area contributed by atoms with Crippen LogP contribution in [0, 0.1) is 12.7 Å². The molecule has 5 rings (SSSR count). The van der Waals surface area contributed by atoms with Crippen molar-refractivity contribution >= 4 is 22.7 Å². The van der Waals surface area contributed by atoms with Gasteiger partial charge in [-0.05, 0) is 25.1 Å². The Morgan fingerprint density at radius 1 is 1.03 bits per heavy atom. The third-order valence-corrected chi connectivity index (χ3v) is 6.21. The minimum Gasteiger partial charge on any atom is -0.495 e. The molecule has 170 valence electrons. The van der Waals surface area contributed by atoms with E-state index in [0.717, 1.165) is 22.7 Å². The standard InChI is InChI=1S/C26H26FN3O3/c1-18-15-22-25(33-18)16-23(30(22)17-19-7-3-4-8-20(19)27)26(31)29-13-11-28(12-14-29)21-9-5-6-10-24(21)32-2/h3-10,15-16H,11-14,17H2,1-2H3. The summed E-state index contributed by atoms with van der Waals surface area (Å²) in [4.78, 5) is 17.6. The normalized spacial score (nSPS) is 14.2. The number of hydrogen-bond donors (Lipinski definition) is 0. The molecule has 0 N–H and O–H groups in total. The maximum Gasteiger partial charge on any atom is 0.270 e. The highest BCUT2D eigenvalue weighted by Crippen LogP contribution is 2.30. The molecule has 0 bridgehead atoms. The highest BCUT2D eigenvalue weighted by atomic mass is 19.1. The van der Waals surface area contributed by atoms with Crippen molar-refractivity contribution in [3.63, 3.8) is 0 Å². The smallest absolute Gasteiger partial charge is 0.270 e. The SMILES string of the molecule is COc1ccccc1N1CCN(C(=O)c2cc3oc(C)cc3n2Cc2ccccc2F)CC1. The molecule has 4 aromatic rings. The number of aromatic nitrogens is 1. The van der Waals surface area contributed by atoms with Gasteiger partial charge in [-0.25, -0.2) is 4.39 Å². The van der Waals surface area contributed by atoms with Crippen molar-refractivity contribution < 1.29 is 18.3 Å². The second-order valence-corrected chi connectivity index (χ2v) is 8.26. The number of carbonyl (C=O) groups is 1.